The van der Waals surface area contributed by atoms with Gasteiger partial charge in [0.05, 0.1) is 0 Å². The van der Waals surface area contributed by atoms with E-state index in [0.717, 1.165) is 50.1 Å². The number of hydrogen-bond donors (Lipinski definition) is 0. The third-order valence-corrected chi connectivity index (χ3v) is 5.37. The quantitative estimate of drug-likeness (QED) is 0.827. The van der Waals surface area contributed by atoms with Crippen LogP contribution in [0.15, 0.2) is 9.59 Å². The zero-order valence-corrected chi connectivity index (χ0v) is 11.5. The molecule has 1 aromatic heterocycles. The van der Waals surface area contributed by atoms with Crippen molar-refractivity contribution in [1.29, 1.82) is 0 Å². The minimum atomic E-state index is -0.0428. The van der Waals surface area contributed by atoms with E-state index in [1.165, 1.54) is 19.3 Å². The highest BCUT2D eigenvalue weighted by Crippen LogP contribution is 2.30. The summed E-state index contributed by atoms with van der Waals surface area (Å²) in [5.74, 6) is 0. The molecule has 0 amide bonds. The van der Waals surface area contributed by atoms with Gasteiger partial charge in [-0.05, 0) is 25.7 Å². The van der Waals surface area contributed by atoms with Gasteiger partial charge in [-0.25, -0.2) is 13.3 Å². The summed E-state index contributed by atoms with van der Waals surface area (Å²) < 4.78 is 3.30. The highest BCUT2D eigenvalue weighted by Gasteiger charge is 2.26. The first-order valence-electron chi connectivity index (χ1n) is 7.12. The number of aromatic nitrogens is 2. The van der Waals surface area contributed by atoms with Gasteiger partial charge in [-0.1, -0.05) is 32.1 Å². The predicted molar refractivity (Wildman–Crippen MR) is 72.5 cm³/mol. The van der Waals surface area contributed by atoms with E-state index in [2.05, 4.69) is 0 Å². The van der Waals surface area contributed by atoms with Crippen LogP contribution in [0.1, 0.15) is 69.9 Å². The van der Waals surface area contributed by atoms with Crippen molar-refractivity contribution in [3.63, 3.8) is 0 Å². The van der Waals surface area contributed by atoms with Gasteiger partial charge in [0.2, 0.25) is 0 Å². The van der Waals surface area contributed by atoms with Crippen LogP contribution in [0.2, 0.25) is 0 Å². The average molecular weight is 268 g/mol. The van der Waals surface area contributed by atoms with Crippen LogP contribution >= 0.6 is 11.5 Å². The van der Waals surface area contributed by atoms with Crippen molar-refractivity contribution in [1.82, 2.24) is 8.52 Å². The predicted octanol–water partition coefficient (Wildman–Crippen LogP) is 2.69. The molecule has 0 aromatic carbocycles. The number of nitrogens with zero attached hydrogens (tertiary/aromatic N) is 2. The molecule has 2 fully saturated rings. The summed E-state index contributed by atoms with van der Waals surface area (Å²) in [6, 6.07) is 0.456. The molecule has 3 rings (SSSR count). The Kier molecular flexibility index (Phi) is 3.41. The summed E-state index contributed by atoms with van der Waals surface area (Å²) in [6.45, 7) is 0. The Morgan fingerprint density at radius 3 is 2.06 bits per heavy atom. The lowest BCUT2D eigenvalue weighted by atomic mass is 9.95. The van der Waals surface area contributed by atoms with E-state index in [9.17, 15) is 9.59 Å². The molecule has 0 atom stereocenters. The standard InChI is InChI=1S/C13H20N2O2S/c16-12-14(10-6-2-1-3-7-10)13(17)18-15(12)11-8-4-5-9-11/h10-11H,1-9H2. The first-order chi connectivity index (χ1) is 8.77. The highest BCUT2D eigenvalue weighted by atomic mass is 32.1. The smallest absolute Gasteiger partial charge is 0.255 e. The second kappa shape index (κ2) is 5.03. The maximum atomic E-state index is 12.4. The van der Waals surface area contributed by atoms with E-state index in [0.29, 0.717) is 6.04 Å². The molecule has 1 aromatic rings. The van der Waals surface area contributed by atoms with Gasteiger partial charge in [-0.3, -0.25) is 4.79 Å². The van der Waals surface area contributed by atoms with Crippen LogP contribution in [0.5, 0.6) is 0 Å². The van der Waals surface area contributed by atoms with Gasteiger partial charge in [0, 0.05) is 23.6 Å². The van der Waals surface area contributed by atoms with E-state index in [4.69, 9.17) is 0 Å². The van der Waals surface area contributed by atoms with E-state index < -0.39 is 0 Å². The summed E-state index contributed by atoms with van der Waals surface area (Å²) in [6.07, 6.45) is 10.0. The molecule has 0 aliphatic heterocycles. The van der Waals surface area contributed by atoms with Crippen LogP contribution in [0.3, 0.4) is 0 Å². The van der Waals surface area contributed by atoms with E-state index in [1.807, 2.05) is 0 Å². The summed E-state index contributed by atoms with van der Waals surface area (Å²) in [5, 5.41) is 0. The molecule has 5 heteroatoms. The second-order valence-corrected chi connectivity index (χ2v) is 6.49. The fourth-order valence-corrected chi connectivity index (χ4v) is 4.37. The van der Waals surface area contributed by atoms with E-state index in [-0.39, 0.29) is 16.6 Å². The minimum Gasteiger partial charge on any atom is -0.255 e. The van der Waals surface area contributed by atoms with Crippen LogP contribution in [0.25, 0.3) is 0 Å². The Morgan fingerprint density at radius 2 is 1.39 bits per heavy atom. The fraction of sp³-hybridized carbons (Fsp3) is 0.846. The normalized spacial score (nSPS) is 22.7. The van der Waals surface area contributed by atoms with Gasteiger partial charge in [-0.2, -0.15) is 0 Å². The second-order valence-electron chi connectivity index (χ2n) is 5.57. The van der Waals surface area contributed by atoms with Crippen LogP contribution < -0.4 is 10.6 Å². The number of rotatable bonds is 2. The molecule has 18 heavy (non-hydrogen) atoms. The Labute approximate surface area is 110 Å². The molecule has 0 bridgehead atoms. The number of hydrogen-bond acceptors (Lipinski definition) is 3. The molecule has 0 unspecified atom stereocenters. The molecule has 1 heterocycles. The fourth-order valence-electron chi connectivity index (χ4n) is 3.37. The molecule has 4 nitrogen and oxygen atoms in total. The maximum Gasteiger partial charge on any atom is 0.341 e. The van der Waals surface area contributed by atoms with Crippen molar-refractivity contribution in [2.75, 3.05) is 0 Å². The summed E-state index contributed by atoms with van der Waals surface area (Å²) in [4.78, 5) is 24.4. The van der Waals surface area contributed by atoms with Gasteiger partial charge in [0.1, 0.15) is 0 Å². The van der Waals surface area contributed by atoms with E-state index in [1.54, 1.807) is 8.52 Å². The van der Waals surface area contributed by atoms with Crippen molar-refractivity contribution in [2.24, 2.45) is 0 Å². The van der Waals surface area contributed by atoms with Crippen molar-refractivity contribution >= 4 is 11.5 Å². The van der Waals surface area contributed by atoms with Crippen LogP contribution in [-0.2, 0) is 0 Å². The van der Waals surface area contributed by atoms with Crippen LogP contribution in [0.4, 0.5) is 0 Å². The van der Waals surface area contributed by atoms with Gasteiger partial charge in [0.25, 0.3) is 0 Å². The van der Waals surface area contributed by atoms with Crippen LogP contribution in [-0.4, -0.2) is 8.52 Å². The van der Waals surface area contributed by atoms with Crippen molar-refractivity contribution < 1.29 is 0 Å². The molecular formula is C13H20N2O2S. The van der Waals surface area contributed by atoms with Crippen molar-refractivity contribution in [2.45, 2.75) is 69.9 Å². The van der Waals surface area contributed by atoms with Gasteiger partial charge in [-0.15, -0.1) is 0 Å². The van der Waals surface area contributed by atoms with Gasteiger partial charge < -0.3 is 0 Å². The van der Waals surface area contributed by atoms with Gasteiger partial charge in [0.15, 0.2) is 0 Å². The summed E-state index contributed by atoms with van der Waals surface area (Å²) >= 11 is 1.14. The summed E-state index contributed by atoms with van der Waals surface area (Å²) in [5.41, 5.74) is -0.0381. The third kappa shape index (κ3) is 2.09. The van der Waals surface area contributed by atoms with Crippen LogP contribution in [0, 0.1) is 0 Å². The zero-order valence-electron chi connectivity index (χ0n) is 10.6. The highest BCUT2D eigenvalue weighted by molar-refractivity contribution is 7.03. The van der Waals surface area contributed by atoms with Crippen molar-refractivity contribution in [3.05, 3.63) is 20.2 Å². The topological polar surface area (TPSA) is 44.0 Å². The molecule has 2 aliphatic carbocycles. The SMILES string of the molecule is O=c1sn(C2CCCC2)c(=O)n1C1CCCCC1. The molecule has 2 aliphatic rings. The first kappa shape index (κ1) is 12.2. The lowest BCUT2D eigenvalue weighted by molar-refractivity contribution is 0.335. The third-order valence-electron chi connectivity index (χ3n) is 4.36. The molecule has 0 saturated heterocycles. The zero-order chi connectivity index (χ0) is 12.5. The lowest BCUT2D eigenvalue weighted by Gasteiger charge is -2.21. The largest absolute Gasteiger partial charge is 0.341 e. The minimum absolute atomic E-state index is 0.0381. The molecule has 0 radical (unpaired) electrons. The van der Waals surface area contributed by atoms with Crippen molar-refractivity contribution in [3.8, 4) is 0 Å². The molecule has 2 saturated carbocycles. The molecule has 0 spiro atoms. The molecule has 0 N–H and O–H groups in total. The monoisotopic (exact) mass is 268 g/mol. The van der Waals surface area contributed by atoms with E-state index >= 15 is 0 Å². The Bertz CT molecular complexity index is 516. The summed E-state index contributed by atoms with van der Waals surface area (Å²) in [7, 11) is 0. The Balaban J connectivity index is 1.94. The lowest BCUT2D eigenvalue weighted by Crippen LogP contribution is -2.34. The first-order valence-corrected chi connectivity index (χ1v) is 7.89. The maximum absolute atomic E-state index is 12.4. The average Bonchev–Trinajstić information content (AvgIpc) is 2.99. The van der Waals surface area contributed by atoms with Gasteiger partial charge >= 0.3 is 10.6 Å². The Morgan fingerprint density at radius 1 is 0.833 bits per heavy atom. The molecular weight excluding hydrogens is 248 g/mol. The Hall–Kier alpha value is -0.840. The molecule has 100 valence electrons.